The van der Waals surface area contributed by atoms with Crippen LogP contribution in [0.25, 0.3) is 0 Å². The van der Waals surface area contributed by atoms with Gasteiger partial charge in [-0.3, -0.25) is 0 Å². The fraction of sp³-hybridized carbons (Fsp3) is 0.0833. The van der Waals surface area contributed by atoms with E-state index < -0.39 is 21.1 Å². The molecule has 2 aromatic carbocycles. The molecular weight excluding hydrogens is 471 g/mol. The van der Waals surface area contributed by atoms with Crippen LogP contribution in [0.4, 0.5) is 11.4 Å². The van der Waals surface area contributed by atoms with Crippen molar-refractivity contribution < 1.29 is 36.4 Å². The molecule has 0 spiro atoms. The van der Waals surface area contributed by atoms with E-state index in [0.717, 1.165) is 19.4 Å². The van der Waals surface area contributed by atoms with Gasteiger partial charge in [0.1, 0.15) is 0 Å². The van der Waals surface area contributed by atoms with Gasteiger partial charge in [0.15, 0.2) is 0 Å². The van der Waals surface area contributed by atoms with Crippen LogP contribution in [0.3, 0.4) is 0 Å². The Kier molecular flexibility index (Phi) is 6.63. The van der Waals surface area contributed by atoms with Crippen LogP contribution >= 0.6 is 0 Å². The molecule has 2 N–H and O–H groups in total. The molecule has 2 amide bonds. The van der Waals surface area contributed by atoms with E-state index in [1.807, 2.05) is 36.4 Å². The van der Waals surface area contributed by atoms with E-state index in [9.17, 15) is 9.59 Å². The van der Waals surface area contributed by atoms with Crippen molar-refractivity contribution in [3.8, 4) is 11.5 Å². The Morgan fingerprint density at radius 2 is 1.23 bits per heavy atom. The van der Waals surface area contributed by atoms with Crippen molar-refractivity contribution in [1.29, 1.82) is 0 Å². The van der Waals surface area contributed by atoms with Crippen molar-refractivity contribution in [3.63, 3.8) is 0 Å². The second kappa shape index (κ2) is 9.75. The molecule has 0 fully saturated rings. The molecule has 7 heteroatoms. The molecule has 156 valence electrons. The minimum atomic E-state index is -4.14. The fourth-order valence-electron chi connectivity index (χ4n) is 3.64. The molecule has 0 heterocycles. The van der Waals surface area contributed by atoms with Crippen molar-refractivity contribution in [1.82, 2.24) is 0 Å². The Morgan fingerprint density at radius 3 is 1.61 bits per heavy atom. The molecule has 6 nitrogen and oxygen atoms in total. The second-order valence-corrected chi connectivity index (χ2v) is 14.2. The Balaban J connectivity index is 1.77. The van der Waals surface area contributed by atoms with E-state index in [1.165, 1.54) is 0 Å². The zero-order valence-corrected chi connectivity index (χ0v) is 19.2. The molecule has 0 saturated heterocycles. The number of hydrogen-bond acceptors (Lipinski definition) is 4. The molecule has 2 aliphatic carbocycles. The molecule has 0 aromatic heterocycles. The standard InChI is InChI=1S/2C7H7NO2.2C5H5.Zr/c2*9-5-8-6-2-1-3-7(10)4-6;2*1-2-4-5-3-1;/h2*1-5,10H,(H,8,9);2*1-3H,4H2;/q;;;;+2/p-2. The predicted octanol–water partition coefficient (Wildman–Crippen LogP) is 4.95. The maximum absolute atomic E-state index is 10.9. The zero-order valence-electron chi connectivity index (χ0n) is 16.8. The van der Waals surface area contributed by atoms with Crippen LogP contribution in [-0.2, 0) is 30.7 Å². The van der Waals surface area contributed by atoms with Crippen molar-refractivity contribution in [2.24, 2.45) is 0 Å². The van der Waals surface area contributed by atoms with E-state index in [-0.39, 0.29) is 0 Å². The molecule has 0 atom stereocenters. The minimum absolute atomic E-state index is 0.643. The van der Waals surface area contributed by atoms with Gasteiger partial charge in [-0.1, -0.05) is 0 Å². The maximum atomic E-state index is 10.9. The van der Waals surface area contributed by atoms with Crippen LogP contribution in [0.15, 0.2) is 91.5 Å². The molecule has 0 radical (unpaired) electrons. The number of hydrogen-bond donors (Lipinski definition) is 2. The Labute approximate surface area is 186 Å². The summed E-state index contributed by atoms with van der Waals surface area (Å²) in [5.41, 5.74) is 1.31. The molecule has 0 bridgehead atoms. The number of allylic oxidation sites excluding steroid dienone is 8. The van der Waals surface area contributed by atoms with Crippen molar-refractivity contribution in [2.45, 2.75) is 12.8 Å². The summed E-state index contributed by atoms with van der Waals surface area (Å²) in [6.07, 6.45) is 15.3. The van der Waals surface area contributed by atoms with Gasteiger partial charge in [0.25, 0.3) is 0 Å². The van der Waals surface area contributed by atoms with Crippen molar-refractivity contribution >= 4 is 24.2 Å². The van der Waals surface area contributed by atoms with Gasteiger partial charge < -0.3 is 0 Å². The van der Waals surface area contributed by atoms with E-state index >= 15 is 0 Å². The van der Waals surface area contributed by atoms with Crippen molar-refractivity contribution in [3.05, 3.63) is 91.5 Å². The number of benzene rings is 2. The fourth-order valence-corrected chi connectivity index (χ4v) is 11.8. The van der Waals surface area contributed by atoms with E-state index in [2.05, 4.69) is 34.9 Å². The van der Waals surface area contributed by atoms with Crippen LogP contribution in [0.2, 0.25) is 0 Å². The predicted molar refractivity (Wildman–Crippen MR) is 117 cm³/mol. The zero-order chi connectivity index (χ0) is 21.5. The van der Waals surface area contributed by atoms with Gasteiger partial charge in [0.05, 0.1) is 0 Å². The van der Waals surface area contributed by atoms with Crippen LogP contribution in [-0.4, -0.2) is 12.8 Å². The topological polar surface area (TPSA) is 76.7 Å². The first-order valence-electron chi connectivity index (χ1n) is 9.94. The quantitative estimate of drug-likeness (QED) is 0.459. The van der Waals surface area contributed by atoms with Gasteiger partial charge in [-0.05, 0) is 0 Å². The summed E-state index contributed by atoms with van der Waals surface area (Å²) in [6, 6.07) is 14.7. The molecule has 4 rings (SSSR count). The van der Waals surface area contributed by atoms with Crippen molar-refractivity contribution in [2.75, 3.05) is 10.6 Å². The summed E-state index contributed by atoms with van der Waals surface area (Å²) in [7, 11) is 0. The molecule has 31 heavy (non-hydrogen) atoms. The SMILES string of the molecule is O=CNc1cccc([O][Zr]([O]c2cccc(NC=O)c2)([C]2=CC=CC2)[C]2=CC=CC2)c1. The van der Waals surface area contributed by atoms with Gasteiger partial charge in [-0.2, -0.15) is 0 Å². The third-order valence-corrected chi connectivity index (χ3v) is 13.6. The molecular formula is C24H22N2O4Zr. The number of carbonyl (C=O) groups is 2. The average Bonchev–Trinajstić information content (AvgIpc) is 3.49. The van der Waals surface area contributed by atoms with Crippen LogP contribution in [0, 0.1) is 0 Å². The summed E-state index contributed by atoms with van der Waals surface area (Å²) in [6.45, 7) is 0. The summed E-state index contributed by atoms with van der Waals surface area (Å²) in [5, 5.41) is 5.34. The van der Waals surface area contributed by atoms with Gasteiger partial charge in [-0.15, -0.1) is 0 Å². The number of amides is 2. The molecule has 0 unspecified atom stereocenters. The van der Waals surface area contributed by atoms with Crippen LogP contribution in [0.1, 0.15) is 12.8 Å². The van der Waals surface area contributed by atoms with Gasteiger partial charge in [-0.25, -0.2) is 0 Å². The van der Waals surface area contributed by atoms with Crippen LogP contribution in [0.5, 0.6) is 11.5 Å². The van der Waals surface area contributed by atoms with Gasteiger partial charge in [0.2, 0.25) is 0 Å². The number of rotatable bonds is 10. The van der Waals surface area contributed by atoms with E-state index in [1.54, 1.807) is 24.3 Å². The number of nitrogens with one attached hydrogen (secondary N) is 2. The van der Waals surface area contributed by atoms with E-state index in [4.69, 9.17) is 5.63 Å². The number of carbonyl (C=O) groups excluding carboxylic acids is 2. The third-order valence-electron chi connectivity index (χ3n) is 5.03. The monoisotopic (exact) mass is 492 g/mol. The number of anilines is 2. The Morgan fingerprint density at radius 1 is 0.742 bits per heavy atom. The summed E-state index contributed by atoms with van der Waals surface area (Å²) in [5.74, 6) is 1.29. The normalized spacial score (nSPS) is 14.6. The molecule has 0 aliphatic heterocycles. The summed E-state index contributed by atoms with van der Waals surface area (Å²) in [4.78, 5) is 21.8. The Hall–Kier alpha value is -3.18. The van der Waals surface area contributed by atoms with Gasteiger partial charge >= 0.3 is 187 Å². The van der Waals surface area contributed by atoms with E-state index in [0.29, 0.717) is 35.7 Å². The molecule has 2 aromatic rings. The average molecular weight is 494 g/mol. The molecule has 0 saturated carbocycles. The Bertz CT molecular complexity index is 1020. The first kappa shape index (κ1) is 21.1. The summed E-state index contributed by atoms with van der Waals surface area (Å²) >= 11 is -4.14. The molecule has 2 aliphatic rings. The summed E-state index contributed by atoms with van der Waals surface area (Å²) < 4.78 is 15.9. The first-order chi connectivity index (χ1) is 15.2. The van der Waals surface area contributed by atoms with Gasteiger partial charge in [0, 0.05) is 0 Å². The first-order valence-corrected chi connectivity index (χ1v) is 14.4. The second-order valence-electron chi connectivity index (χ2n) is 7.05. The third kappa shape index (κ3) is 4.78. The van der Waals surface area contributed by atoms with Crippen LogP contribution < -0.4 is 16.3 Å².